The van der Waals surface area contributed by atoms with Crippen LogP contribution in [0.15, 0.2) is 48.5 Å². The number of rotatable bonds is 0. The summed E-state index contributed by atoms with van der Waals surface area (Å²) < 4.78 is 0. The lowest BCUT2D eigenvalue weighted by Crippen LogP contribution is -2.32. The van der Waals surface area contributed by atoms with Gasteiger partial charge in [0.05, 0.1) is 11.4 Å². The van der Waals surface area contributed by atoms with E-state index in [0.717, 1.165) is 22.5 Å². The monoisotopic (exact) mass is 282 g/mol. The van der Waals surface area contributed by atoms with Crippen LogP contribution in [0.1, 0.15) is 11.1 Å². The molecule has 1 aliphatic rings. The average molecular weight is 282 g/mol. The van der Waals surface area contributed by atoms with Gasteiger partial charge in [-0.2, -0.15) is 0 Å². The van der Waals surface area contributed by atoms with Crippen molar-refractivity contribution in [2.24, 2.45) is 5.73 Å². The van der Waals surface area contributed by atoms with Crippen molar-refractivity contribution in [1.29, 1.82) is 0 Å². The number of benzene rings is 2. The number of carboxylic acid groups (broad SMARTS) is 1. The van der Waals surface area contributed by atoms with Gasteiger partial charge in [-0.25, -0.2) is 4.79 Å². The van der Waals surface area contributed by atoms with Crippen LogP contribution in [-0.4, -0.2) is 17.6 Å². The summed E-state index contributed by atoms with van der Waals surface area (Å²) in [5.41, 5.74) is 9.11. The number of urea groups is 1. The first kappa shape index (κ1) is 14.3. The van der Waals surface area contributed by atoms with Gasteiger partial charge in [-0.3, -0.25) is 9.69 Å². The molecular formula is C16H14N2O3. The first-order valence-electron chi connectivity index (χ1n) is 6.22. The van der Waals surface area contributed by atoms with Gasteiger partial charge in [0.1, 0.15) is 0 Å². The van der Waals surface area contributed by atoms with Crippen molar-refractivity contribution < 1.29 is 14.7 Å². The second-order valence-electron chi connectivity index (χ2n) is 4.23. The molecule has 2 aromatic rings. The summed E-state index contributed by atoms with van der Waals surface area (Å²) in [6.07, 6.45) is 3.99. The van der Waals surface area contributed by atoms with E-state index in [2.05, 4.69) is 0 Å². The molecule has 2 amide bonds. The maximum absolute atomic E-state index is 11.8. The number of para-hydroxylation sites is 2. The average Bonchev–Trinajstić information content (AvgIpc) is 2.64. The predicted molar refractivity (Wildman–Crippen MR) is 82.2 cm³/mol. The Balaban J connectivity index is 0.000000497. The summed E-state index contributed by atoms with van der Waals surface area (Å²) in [7, 11) is 0. The van der Waals surface area contributed by atoms with E-state index in [4.69, 9.17) is 15.6 Å². The number of hydrogen-bond acceptors (Lipinski definition) is 2. The van der Waals surface area contributed by atoms with E-state index < -0.39 is 6.03 Å². The molecule has 0 atom stereocenters. The Labute approximate surface area is 121 Å². The molecule has 5 nitrogen and oxygen atoms in total. The molecule has 2 aromatic carbocycles. The molecule has 3 rings (SSSR count). The highest BCUT2D eigenvalue weighted by Gasteiger charge is 2.21. The second kappa shape index (κ2) is 6.38. The molecular weight excluding hydrogens is 268 g/mol. The van der Waals surface area contributed by atoms with Crippen molar-refractivity contribution >= 4 is 36.0 Å². The molecule has 0 spiro atoms. The Morgan fingerprint density at radius 1 is 0.952 bits per heavy atom. The highest BCUT2D eigenvalue weighted by Crippen LogP contribution is 2.35. The highest BCUT2D eigenvalue weighted by atomic mass is 16.3. The Hall–Kier alpha value is -3.08. The first-order chi connectivity index (χ1) is 10.2. The molecule has 0 aromatic heterocycles. The summed E-state index contributed by atoms with van der Waals surface area (Å²) in [5, 5.41) is 6.89. The van der Waals surface area contributed by atoms with Crippen LogP contribution >= 0.6 is 0 Å². The number of carbonyl (C=O) groups is 2. The van der Waals surface area contributed by atoms with Crippen LogP contribution in [0.5, 0.6) is 0 Å². The van der Waals surface area contributed by atoms with Crippen LogP contribution in [0.2, 0.25) is 0 Å². The number of nitrogens with two attached hydrogens (primary N) is 1. The number of fused-ring (bicyclic) bond motifs is 2. The van der Waals surface area contributed by atoms with Gasteiger partial charge in [0.2, 0.25) is 0 Å². The van der Waals surface area contributed by atoms with E-state index in [1.807, 2.05) is 60.7 Å². The summed E-state index contributed by atoms with van der Waals surface area (Å²) >= 11 is 0. The lowest BCUT2D eigenvalue weighted by atomic mass is 10.1. The van der Waals surface area contributed by atoms with Gasteiger partial charge in [0.25, 0.3) is 6.47 Å². The van der Waals surface area contributed by atoms with Crippen molar-refractivity contribution in [2.45, 2.75) is 0 Å². The lowest BCUT2D eigenvalue weighted by Gasteiger charge is -2.22. The van der Waals surface area contributed by atoms with Crippen LogP contribution < -0.4 is 10.6 Å². The molecule has 1 aliphatic heterocycles. The van der Waals surface area contributed by atoms with E-state index in [1.54, 1.807) is 4.90 Å². The second-order valence-corrected chi connectivity index (χ2v) is 4.23. The lowest BCUT2D eigenvalue weighted by molar-refractivity contribution is -0.122. The van der Waals surface area contributed by atoms with Gasteiger partial charge >= 0.3 is 6.03 Å². The van der Waals surface area contributed by atoms with Crippen LogP contribution in [0.25, 0.3) is 12.2 Å². The van der Waals surface area contributed by atoms with E-state index in [1.165, 1.54) is 0 Å². The number of primary amides is 1. The maximum atomic E-state index is 11.8. The SMILES string of the molecule is NC(=O)N1c2ccccc2C=Cc2ccccc21.O=CO. The van der Waals surface area contributed by atoms with Crippen molar-refractivity contribution in [3.05, 3.63) is 59.7 Å². The van der Waals surface area contributed by atoms with Gasteiger partial charge in [0, 0.05) is 0 Å². The Morgan fingerprint density at radius 2 is 1.33 bits per heavy atom. The largest absolute Gasteiger partial charge is 0.483 e. The topological polar surface area (TPSA) is 83.6 Å². The Bertz CT molecular complexity index is 646. The molecule has 0 unspecified atom stereocenters. The number of anilines is 2. The smallest absolute Gasteiger partial charge is 0.323 e. The van der Waals surface area contributed by atoms with E-state index in [0.29, 0.717) is 0 Å². The minimum atomic E-state index is -0.474. The summed E-state index contributed by atoms with van der Waals surface area (Å²) in [5.74, 6) is 0. The molecule has 0 saturated heterocycles. The van der Waals surface area contributed by atoms with Gasteiger partial charge in [-0.1, -0.05) is 48.6 Å². The molecule has 0 bridgehead atoms. The maximum Gasteiger partial charge on any atom is 0.323 e. The van der Waals surface area contributed by atoms with E-state index in [-0.39, 0.29) is 6.47 Å². The summed E-state index contributed by atoms with van der Waals surface area (Å²) in [6.45, 7) is -0.250. The molecule has 0 aliphatic carbocycles. The van der Waals surface area contributed by atoms with Crippen molar-refractivity contribution in [3.63, 3.8) is 0 Å². The zero-order valence-corrected chi connectivity index (χ0v) is 11.1. The summed E-state index contributed by atoms with van der Waals surface area (Å²) in [4.78, 5) is 21.7. The fourth-order valence-electron chi connectivity index (χ4n) is 2.21. The molecule has 0 fully saturated rings. The van der Waals surface area contributed by atoms with Crippen molar-refractivity contribution in [3.8, 4) is 0 Å². The quantitative estimate of drug-likeness (QED) is 0.728. The van der Waals surface area contributed by atoms with Gasteiger partial charge in [0.15, 0.2) is 0 Å². The Kier molecular flexibility index (Phi) is 4.36. The molecule has 3 N–H and O–H groups in total. The van der Waals surface area contributed by atoms with Gasteiger partial charge in [-0.05, 0) is 23.3 Å². The predicted octanol–water partition coefficient (Wildman–Crippen LogP) is 3.09. The van der Waals surface area contributed by atoms with Crippen LogP contribution in [-0.2, 0) is 4.79 Å². The number of nitrogens with zero attached hydrogens (tertiary/aromatic N) is 1. The van der Waals surface area contributed by atoms with Gasteiger partial charge < -0.3 is 10.8 Å². The van der Waals surface area contributed by atoms with Crippen LogP contribution in [0, 0.1) is 0 Å². The molecule has 0 saturated carbocycles. The van der Waals surface area contributed by atoms with Crippen LogP contribution in [0.3, 0.4) is 0 Å². The van der Waals surface area contributed by atoms with Crippen molar-refractivity contribution in [1.82, 2.24) is 0 Å². The number of carbonyl (C=O) groups excluding carboxylic acids is 1. The minimum Gasteiger partial charge on any atom is -0.483 e. The Morgan fingerprint density at radius 3 is 1.71 bits per heavy atom. The van der Waals surface area contributed by atoms with E-state index >= 15 is 0 Å². The van der Waals surface area contributed by atoms with Crippen molar-refractivity contribution in [2.75, 3.05) is 4.90 Å². The highest BCUT2D eigenvalue weighted by molar-refractivity contribution is 6.04. The number of amides is 2. The van der Waals surface area contributed by atoms with Crippen LogP contribution in [0.4, 0.5) is 16.2 Å². The molecule has 21 heavy (non-hydrogen) atoms. The minimum absolute atomic E-state index is 0.250. The first-order valence-corrected chi connectivity index (χ1v) is 6.22. The fraction of sp³-hybridized carbons (Fsp3) is 0. The third-order valence-electron chi connectivity index (χ3n) is 3.02. The molecule has 1 heterocycles. The van der Waals surface area contributed by atoms with E-state index in [9.17, 15) is 4.79 Å². The third kappa shape index (κ3) is 2.92. The zero-order chi connectivity index (χ0) is 15.2. The molecule has 5 heteroatoms. The number of hydrogen-bond donors (Lipinski definition) is 2. The fourth-order valence-corrected chi connectivity index (χ4v) is 2.21. The standard InChI is InChI=1S/C15H12N2O.CH2O2/c16-15(18)17-13-7-3-1-5-11(13)9-10-12-6-2-4-8-14(12)17;2-1-3/h1-10H,(H2,16,18);1H,(H,2,3). The normalized spacial score (nSPS) is 11.3. The zero-order valence-electron chi connectivity index (χ0n) is 11.1. The third-order valence-corrected chi connectivity index (χ3v) is 3.02. The van der Waals surface area contributed by atoms with Gasteiger partial charge in [-0.15, -0.1) is 0 Å². The summed E-state index contributed by atoms with van der Waals surface area (Å²) in [6, 6.07) is 14.9. The molecule has 106 valence electrons. The molecule has 0 radical (unpaired) electrons.